The summed E-state index contributed by atoms with van der Waals surface area (Å²) in [4.78, 5) is 27.4. The van der Waals surface area contributed by atoms with Gasteiger partial charge in [0.15, 0.2) is 5.69 Å². The van der Waals surface area contributed by atoms with Crippen LogP contribution in [0.25, 0.3) is 11.0 Å². The highest BCUT2D eigenvalue weighted by molar-refractivity contribution is 6.02. The monoisotopic (exact) mass is 347 g/mol. The molecule has 10 heteroatoms. The fourth-order valence-corrected chi connectivity index (χ4v) is 2.41. The molecule has 1 amide bonds. The third kappa shape index (κ3) is 3.27. The molecule has 0 fully saturated rings. The number of nitrogens with one attached hydrogen (secondary N) is 2. The van der Waals surface area contributed by atoms with Crippen LogP contribution in [0.3, 0.4) is 0 Å². The van der Waals surface area contributed by atoms with Gasteiger partial charge < -0.3 is 10.4 Å². The molecular formula is C15H11F2N5O3. The van der Waals surface area contributed by atoms with Gasteiger partial charge in [-0.3, -0.25) is 9.59 Å². The number of hydrogen-bond donors (Lipinski definition) is 3. The minimum Gasteiger partial charge on any atom is -0.481 e. The van der Waals surface area contributed by atoms with Gasteiger partial charge in [0.25, 0.3) is 5.91 Å². The molecule has 1 aromatic carbocycles. The molecule has 0 bridgehead atoms. The molecule has 25 heavy (non-hydrogen) atoms. The molecule has 2 aromatic heterocycles. The molecule has 0 spiro atoms. The number of carboxylic acid groups (broad SMARTS) is 1. The lowest BCUT2D eigenvalue weighted by atomic mass is 10.0. The SMILES string of the molecule is O=C(O)C[C@H](NC(=O)c1nccc2n[nH]nc12)c1c(F)cccc1F. The van der Waals surface area contributed by atoms with Gasteiger partial charge in [-0.1, -0.05) is 6.07 Å². The molecule has 0 unspecified atom stereocenters. The second kappa shape index (κ2) is 6.59. The molecule has 3 N–H and O–H groups in total. The van der Waals surface area contributed by atoms with Crippen molar-refractivity contribution in [2.45, 2.75) is 12.5 Å². The Kier molecular flexibility index (Phi) is 4.33. The average molecular weight is 347 g/mol. The highest BCUT2D eigenvalue weighted by atomic mass is 19.1. The van der Waals surface area contributed by atoms with Gasteiger partial charge >= 0.3 is 5.97 Å². The predicted octanol–water partition coefficient (Wildman–Crippen LogP) is 1.58. The number of nitrogens with zero attached hydrogens (tertiary/aromatic N) is 3. The molecule has 0 saturated heterocycles. The van der Waals surface area contributed by atoms with Crippen LogP contribution in [0.5, 0.6) is 0 Å². The third-order valence-electron chi connectivity index (χ3n) is 3.48. The van der Waals surface area contributed by atoms with E-state index in [4.69, 9.17) is 5.11 Å². The summed E-state index contributed by atoms with van der Waals surface area (Å²) in [6, 6.07) is 3.20. The van der Waals surface area contributed by atoms with E-state index in [9.17, 15) is 18.4 Å². The lowest BCUT2D eigenvalue weighted by Gasteiger charge is -2.18. The highest BCUT2D eigenvalue weighted by Gasteiger charge is 2.26. The Balaban J connectivity index is 1.97. The zero-order valence-electron chi connectivity index (χ0n) is 12.5. The minimum absolute atomic E-state index is 0.140. The van der Waals surface area contributed by atoms with E-state index in [-0.39, 0.29) is 11.2 Å². The number of H-pyrrole nitrogens is 1. The first kappa shape index (κ1) is 16.4. The van der Waals surface area contributed by atoms with Crippen molar-refractivity contribution in [2.24, 2.45) is 0 Å². The van der Waals surface area contributed by atoms with E-state index in [2.05, 4.69) is 25.7 Å². The summed E-state index contributed by atoms with van der Waals surface area (Å²) in [6.07, 6.45) is 0.605. The van der Waals surface area contributed by atoms with Crippen molar-refractivity contribution in [3.63, 3.8) is 0 Å². The summed E-state index contributed by atoms with van der Waals surface area (Å²) in [5.41, 5.74) is -0.154. The number of carboxylic acids is 1. The Morgan fingerprint density at radius 3 is 2.60 bits per heavy atom. The molecule has 3 aromatic rings. The Morgan fingerprint density at radius 1 is 1.20 bits per heavy atom. The maximum Gasteiger partial charge on any atom is 0.305 e. The van der Waals surface area contributed by atoms with Crippen LogP contribution in [0.15, 0.2) is 30.5 Å². The van der Waals surface area contributed by atoms with E-state index in [0.717, 1.165) is 18.2 Å². The Labute approximate surface area is 138 Å². The number of hydrogen-bond acceptors (Lipinski definition) is 5. The Morgan fingerprint density at radius 2 is 1.92 bits per heavy atom. The zero-order chi connectivity index (χ0) is 18.0. The van der Waals surface area contributed by atoms with Crippen LogP contribution in [0, 0.1) is 11.6 Å². The number of amides is 1. The van der Waals surface area contributed by atoms with Crippen molar-refractivity contribution >= 4 is 22.9 Å². The number of carbonyl (C=O) groups excluding carboxylic acids is 1. The normalized spacial score (nSPS) is 12.1. The van der Waals surface area contributed by atoms with Crippen LogP contribution in [0.1, 0.15) is 28.5 Å². The molecule has 128 valence electrons. The fourth-order valence-electron chi connectivity index (χ4n) is 2.41. The lowest BCUT2D eigenvalue weighted by Crippen LogP contribution is -2.32. The molecule has 0 saturated carbocycles. The number of fused-ring (bicyclic) bond motifs is 1. The van der Waals surface area contributed by atoms with E-state index in [1.165, 1.54) is 12.3 Å². The topological polar surface area (TPSA) is 121 Å². The van der Waals surface area contributed by atoms with Crippen LogP contribution < -0.4 is 5.32 Å². The quantitative estimate of drug-likeness (QED) is 0.644. The standard InChI is InChI=1S/C15H11F2N5O3/c16-7-2-1-3-8(17)12(7)10(6-11(23)24)19-15(25)14-13-9(4-5-18-14)20-22-21-13/h1-5,10H,6H2,(H,19,25)(H,23,24)(H,20,21,22)/t10-/m0/s1. The van der Waals surface area contributed by atoms with Gasteiger partial charge in [0.2, 0.25) is 0 Å². The first-order chi connectivity index (χ1) is 12.0. The average Bonchev–Trinajstić information content (AvgIpc) is 3.02. The molecule has 2 heterocycles. The van der Waals surface area contributed by atoms with E-state index in [0.29, 0.717) is 5.52 Å². The Hall–Kier alpha value is -3.43. The largest absolute Gasteiger partial charge is 0.481 e. The van der Waals surface area contributed by atoms with Gasteiger partial charge in [-0.15, -0.1) is 0 Å². The minimum atomic E-state index is -1.42. The molecule has 3 rings (SSSR count). The Bertz CT molecular complexity index is 939. The third-order valence-corrected chi connectivity index (χ3v) is 3.48. The molecule has 0 radical (unpaired) electrons. The van der Waals surface area contributed by atoms with Crippen LogP contribution in [0.2, 0.25) is 0 Å². The van der Waals surface area contributed by atoms with Crippen LogP contribution in [-0.2, 0) is 4.79 Å². The summed E-state index contributed by atoms with van der Waals surface area (Å²) >= 11 is 0. The number of pyridine rings is 1. The van der Waals surface area contributed by atoms with E-state index < -0.39 is 41.5 Å². The van der Waals surface area contributed by atoms with Gasteiger partial charge in [0.1, 0.15) is 22.7 Å². The number of rotatable bonds is 5. The second-order valence-electron chi connectivity index (χ2n) is 5.11. The van der Waals surface area contributed by atoms with E-state index in [1.807, 2.05) is 0 Å². The lowest BCUT2D eigenvalue weighted by molar-refractivity contribution is -0.137. The van der Waals surface area contributed by atoms with Crippen molar-refractivity contribution in [1.29, 1.82) is 0 Å². The summed E-state index contributed by atoms with van der Waals surface area (Å²) < 4.78 is 28.0. The van der Waals surface area contributed by atoms with Crippen molar-refractivity contribution in [1.82, 2.24) is 25.7 Å². The molecule has 1 atom stereocenters. The summed E-state index contributed by atoms with van der Waals surface area (Å²) in [6.45, 7) is 0. The van der Waals surface area contributed by atoms with E-state index in [1.54, 1.807) is 0 Å². The van der Waals surface area contributed by atoms with Gasteiger partial charge in [0.05, 0.1) is 12.5 Å². The maximum absolute atomic E-state index is 14.0. The summed E-state index contributed by atoms with van der Waals surface area (Å²) in [7, 11) is 0. The van der Waals surface area contributed by atoms with Gasteiger partial charge in [-0.05, 0) is 18.2 Å². The molecule has 8 nitrogen and oxygen atoms in total. The highest BCUT2D eigenvalue weighted by Crippen LogP contribution is 2.24. The van der Waals surface area contributed by atoms with Crippen molar-refractivity contribution in [3.8, 4) is 0 Å². The maximum atomic E-state index is 14.0. The first-order valence-corrected chi connectivity index (χ1v) is 7.09. The van der Waals surface area contributed by atoms with Crippen LogP contribution >= 0.6 is 0 Å². The number of aliphatic carboxylic acids is 1. The predicted molar refractivity (Wildman–Crippen MR) is 80.5 cm³/mol. The number of aromatic amines is 1. The van der Waals surface area contributed by atoms with Crippen LogP contribution in [0.4, 0.5) is 8.78 Å². The fraction of sp³-hybridized carbons (Fsp3) is 0.133. The first-order valence-electron chi connectivity index (χ1n) is 7.09. The number of benzene rings is 1. The number of halogens is 2. The van der Waals surface area contributed by atoms with Crippen LogP contribution in [-0.4, -0.2) is 37.4 Å². The number of carbonyl (C=O) groups is 2. The van der Waals surface area contributed by atoms with Crippen molar-refractivity contribution < 1.29 is 23.5 Å². The second-order valence-corrected chi connectivity index (χ2v) is 5.11. The van der Waals surface area contributed by atoms with Crippen molar-refractivity contribution in [2.75, 3.05) is 0 Å². The molecular weight excluding hydrogens is 336 g/mol. The van der Waals surface area contributed by atoms with Gasteiger partial charge in [0, 0.05) is 11.8 Å². The van der Waals surface area contributed by atoms with E-state index >= 15 is 0 Å². The van der Waals surface area contributed by atoms with Crippen molar-refractivity contribution in [3.05, 3.63) is 53.4 Å². The smallest absolute Gasteiger partial charge is 0.305 e. The van der Waals surface area contributed by atoms with Gasteiger partial charge in [-0.2, -0.15) is 15.4 Å². The summed E-state index contributed by atoms with van der Waals surface area (Å²) in [5.74, 6) is -4.08. The van der Waals surface area contributed by atoms with Gasteiger partial charge in [-0.25, -0.2) is 13.8 Å². The molecule has 0 aliphatic heterocycles. The summed E-state index contributed by atoms with van der Waals surface area (Å²) in [5, 5.41) is 21.2. The number of aromatic nitrogens is 4. The molecule has 0 aliphatic carbocycles. The molecule has 0 aliphatic rings. The zero-order valence-corrected chi connectivity index (χ0v) is 12.5.